The van der Waals surface area contributed by atoms with Gasteiger partial charge in [-0.15, -0.1) is 0 Å². The molecule has 1 aliphatic rings. The molecule has 0 unspecified atom stereocenters. The van der Waals surface area contributed by atoms with Crippen LogP contribution in [0.1, 0.15) is 32.3 Å². The normalized spacial score (nSPS) is 23.5. The van der Waals surface area contributed by atoms with Gasteiger partial charge in [-0.2, -0.15) is 0 Å². The van der Waals surface area contributed by atoms with Crippen LogP contribution < -0.4 is 5.32 Å². The summed E-state index contributed by atoms with van der Waals surface area (Å²) < 4.78 is 5.91. The van der Waals surface area contributed by atoms with Gasteiger partial charge in [-0.1, -0.05) is 44.2 Å². The van der Waals surface area contributed by atoms with Gasteiger partial charge in [0.25, 0.3) is 0 Å². The summed E-state index contributed by atoms with van der Waals surface area (Å²) in [6.45, 7) is 5.19. The fourth-order valence-corrected chi connectivity index (χ4v) is 2.38. The van der Waals surface area contributed by atoms with Crippen molar-refractivity contribution in [2.24, 2.45) is 0 Å². The second kappa shape index (κ2) is 4.98. The first kappa shape index (κ1) is 11.6. The first-order chi connectivity index (χ1) is 7.78. The first-order valence-corrected chi connectivity index (χ1v) is 6.23. The van der Waals surface area contributed by atoms with E-state index in [2.05, 4.69) is 49.5 Å². The highest BCUT2D eigenvalue weighted by atomic mass is 16.5. The molecule has 1 aromatic rings. The predicted molar refractivity (Wildman–Crippen MR) is 66.3 cm³/mol. The molecule has 1 saturated heterocycles. The van der Waals surface area contributed by atoms with E-state index in [4.69, 9.17) is 4.74 Å². The van der Waals surface area contributed by atoms with Crippen LogP contribution in [-0.2, 0) is 11.2 Å². The number of hydrogen-bond acceptors (Lipinski definition) is 2. The standard InChI is InChI=1S/C14H21NO/c1-3-14(4-2)15-13(11-16-14)10-12-8-6-5-7-9-12/h5-9,13,15H,3-4,10-11H2,1-2H3/t13-/m0/s1. The largest absolute Gasteiger partial charge is 0.359 e. The number of rotatable bonds is 4. The molecule has 0 radical (unpaired) electrons. The van der Waals surface area contributed by atoms with Crippen molar-refractivity contribution in [2.75, 3.05) is 6.61 Å². The van der Waals surface area contributed by atoms with Gasteiger partial charge < -0.3 is 4.74 Å². The van der Waals surface area contributed by atoms with Crippen molar-refractivity contribution < 1.29 is 4.74 Å². The zero-order valence-corrected chi connectivity index (χ0v) is 10.2. The van der Waals surface area contributed by atoms with Crippen LogP contribution in [0.2, 0.25) is 0 Å². The van der Waals surface area contributed by atoms with E-state index in [0.717, 1.165) is 25.9 Å². The lowest BCUT2D eigenvalue weighted by Gasteiger charge is -2.26. The van der Waals surface area contributed by atoms with E-state index in [-0.39, 0.29) is 5.72 Å². The number of benzene rings is 1. The highest BCUT2D eigenvalue weighted by Crippen LogP contribution is 2.24. The second-order valence-corrected chi connectivity index (χ2v) is 4.54. The smallest absolute Gasteiger partial charge is 0.119 e. The molecule has 2 heteroatoms. The van der Waals surface area contributed by atoms with Crippen LogP contribution in [0.5, 0.6) is 0 Å². The van der Waals surface area contributed by atoms with Crippen molar-refractivity contribution in [3.8, 4) is 0 Å². The molecule has 0 saturated carbocycles. The SMILES string of the molecule is CCC1(CC)N[C@@H](Cc2ccccc2)CO1. The van der Waals surface area contributed by atoms with Gasteiger partial charge in [-0.25, -0.2) is 0 Å². The maximum absolute atomic E-state index is 5.91. The molecule has 0 bridgehead atoms. The Morgan fingerprint density at radius 3 is 2.50 bits per heavy atom. The van der Waals surface area contributed by atoms with E-state index in [1.807, 2.05) is 0 Å². The highest BCUT2D eigenvalue weighted by molar-refractivity contribution is 5.16. The number of hydrogen-bond donors (Lipinski definition) is 1. The van der Waals surface area contributed by atoms with E-state index in [9.17, 15) is 0 Å². The lowest BCUT2D eigenvalue weighted by Crippen LogP contribution is -2.43. The van der Waals surface area contributed by atoms with Gasteiger partial charge in [0.15, 0.2) is 0 Å². The van der Waals surface area contributed by atoms with Crippen LogP contribution in [0.25, 0.3) is 0 Å². The summed E-state index contributed by atoms with van der Waals surface area (Å²) in [5, 5.41) is 3.63. The summed E-state index contributed by atoms with van der Waals surface area (Å²) >= 11 is 0. The summed E-state index contributed by atoms with van der Waals surface area (Å²) in [7, 11) is 0. The van der Waals surface area contributed by atoms with E-state index < -0.39 is 0 Å². The molecule has 88 valence electrons. The van der Waals surface area contributed by atoms with Gasteiger partial charge in [0, 0.05) is 6.04 Å². The third kappa shape index (κ3) is 2.45. The summed E-state index contributed by atoms with van der Waals surface area (Å²) in [6, 6.07) is 11.1. The molecule has 1 N–H and O–H groups in total. The van der Waals surface area contributed by atoms with Crippen molar-refractivity contribution in [1.82, 2.24) is 5.32 Å². The third-order valence-corrected chi connectivity index (χ3v) is 3.50. The van der Waals surface area contributed by atoms with Crippen LogP contribution in [0.15, 0.2) is 30.3 Å². The Balaban J connectivity index is 1.95. The van der Waals surface area contributed by atoms with Crippen LogP contribution in [0.3, 0.4) is 0 Å². The predicted octanol–water partition coefficient (Wildman–Crippen LogP) is 2.73. The Morgan fingerprint density at radius 1 is 1.25 bits per heavy atom. The summed E-state index contributed by atoms with van der Waals surface area (Å²) in [5.74, 6) is 0. The molecule has 1 fully saturated rings. The molecule has 0 amide bonds. The molecule has 1 atom stereocenters. The molecule has 0 aromatic heterocycles. The van der Waals surface area contributed by atoms with E-state index in [0.29, 0.717) is 6.04 Å². The fraction of sp³-hybridized carbons (Fsp3) is 0.571. The van der Waals surface area contributed by atoms with Crippen LogP contribution in [0, 0.1) is 0 Å². The first-order valence-electron chi connectivity index (χ1n) is 6.23. The highest BCUT2D eigenvalue weighted by Gasteiger charge is 2.36. The van der Waals surface area contributed by atoms with Crippen molar-refractivity contribution in [2.45, 2.75) is 44.9 Å². The molecule has 16 heavy (non-hydrogen) atoms. The minimum absolute atomic E-state index is 0.0700. The minimum Gasteiger partial charge on any atom is -0.359 e. The lowest BCUT2D eigenvalue weighted by atomic mass is 10.0. The maximum atomic E-state index is 5.91. The fourth-order valence-electron chi connectivity index (χ4n) is 2.38. The molecule has 1 heterocycles. The molecule has 1 aromatic carbocycles. The maximum Gasteiger partial charge on any atom is 0.119 e. The quantitative estimate of drug-likeness (QED) is 0.840. The van der Waals surface area contributed by atoms with Crippen molar-refractivity contribution in [3.63, 3.8) is 0 Å². The summed E-state index contributed by atoms with van der Waals surface area (Å²) in [6.07, 6.45) is 3.13. The van der Waals surface area contributed by atoms with Gasteiger partial charge in [0.1, 0.15) is 5.72 Å². The van der Waals surface area contributed by atoms with Gasteiger partial charge in [0.05, 0.1) is 6.61 Å². The molecule has 2 rings (SSSR count). The Morgan fingerprint density at radius 2 is 1.94 bits per heavy atom. The second-order valence-electron chi connectivity index (χ2n) is 4.54. The average molecular weight is 219 g/mol. The van der Waals surface area contributed by atoms with E-state index in [1.54, 1.807) is 0 Å². The van der Waals surface area contributed by atoms with Crippen LogP contribution in [-0.4, -0.2) is 18.4 Å². The molecule has 1 aliphatic heterocycles. The van der Waals surface area contributed by atoms with Gasteiger partial charge >= 0.3 is 0 Å². The summed E-state index contributed by atoms with van der Waals surface area (Å²) in [4.78, 5) is 0. The minimum atomic E-state index is -0.0700. The zero-order valence-electron chi connectivity index (χ0n) is 10.2. The monoisotopic (exact) mass is 219 g/mol. The van der Waals surface area contributed by atoms with Gasteiger partial charge in [-0.05, 0) is 24.8 Å². The lowest BCUT2D eigenvalue weighted by molar-refractivity contribution is -0.0161. The number of nitrogens with one attached hydrogen (secondary N) is 1. The Labute approximate surface area is 98.0 Å². The third-order valence-electron chi connectivity index (χ3n) is 3.50. The van der Waals surface area contributed by atoms with Crippen LogP contribution in [0.4, 0.5) is 0 Å². The Kier molecular flexibility index (Phi) is 3.62. The average Bonchev–Trinajstić information content (AvgIpc) is 2.75. The Bertz CT molecular complexity index is 319. The van der Waals surface area contributed by atoms with Crippen LogP contribution >= 0.6 is 0 Å². The van der Waals surface area contributed by atoms with Crippen molar-refractivity contribution in [1.29, 1.82) is 0 Å². The zero-order chi connectivity index (χ0) is 11.4. The van der Waals surface area contributed by atoms with E-state index in [1.165, 1.54) is 5.56 Å². The summed E-state index contributed by atoms with van der Waals surface area (Å²) in [5.41, 5.74) is 1.31. The van der Waals surface area contributed by atoms with Gasteiger partial charge in [-0.3, -0.25) is 5.32 Å². The van der Waals surface area contributed by atoms with Crippen molar-refractivity contribution >= 4 is 0 Å². The molecule has 0 aliphatic carbocycles. The number of ether oxygens (including phenoxy) is 1. The van der Waals surface area contributed by atoms with Crippen molar-refractivity contribution in [3.05, 3.63) is 35.9 Å². The topological polar surface area (TPSA) is 21.3 Å². The van der Waals surface area contributed by atoms with Gasteiger partial charge in [0.2, 0.25) is 0 Å². The van der Waals surface area contributed by atoms with E-state index >= 15 is 0 Å². The molecule has 2 nitrogen and oxygen atoms in total. The molecular weight excluding hydrogens is 198 g/mol. The Hall–Kier alpha value is -0.860. The molecule has 0 spiro atoms. The molecular formula is C14H21NO.